The molecule has 26 heavy (non-hydrogen) atoms. The topological polar surface area (TPSA) is 125 Å². The van der Waals surface area contributed by atoms with Gasteiger partial charge in [-0.05, 0) is 55.0 Å². The van der Waals surface area contributed by atoms with Gasteiger partial charge in [0.25, 0.3) is 10.1 Å². The van der Waals surface area contributed by atoms with Crippen molar-refractivity contribution in [2.45, 2.75) is 11.8 Å². The Hall–Kier alpha value is -2.68. The summed E-state index contributed by atoms with van der Waals surface area (Å²) in [5.41, 5.74) is 6.74. The Labute approximate surface area is 154 Å². The van der Waals surface area contributed by atoms with Gasteiger partial charge in [0.2, 0.25) is 0 Å². The van der Waals surface area contributed by atoms with Gasteiger partial charge in [0.05, 0.1) is 11.4 Å². The summed E-state index contributed by atoms with van der Waals surface area (Å²) < 4.78 is 32.8. The maximum absolute atomic E-state index is 11.7. The van der Waals surface area contributed by atoms with Gasteiger partial charge in [-0.15, -0.1) is 5.11 Å². The van der Waals surface area contributed by atoms with Gasteiger partial charge in [0.1, 0.15) is 10.6 Å². The molecule has 134 valence electrons. The number of halogens is 1. The molecule has 0 saturated carbocycles. The van der Waals surface area contributed by atoms with Gasteiger partial charge < -0.3 is 10.8 Å². The van der Waals surface area contributed by atoms with E-state index in [1.807, 2.05) is 0 Å². The smallest absolute Gasteiger partial charge is 0.297 e. The number of phenols is 1. The number of fused-ring (bicyclic) bond motifs is 1. The molecule has 0 heterocycles. The van der Waals surface area contributed by atoms with Crippen LogP contribution in [0, 0.1) is 6.92 Å². The predicted octanol–water partition coefficient (Wildman–Crippen LogP) is 4.75. The molecule has 0 bridgehead atoms. The van der Waals surface area contributed by atoms with Gasteiger partial charge >= 0.3 is 0 Å². The van der Waals surface area contributed by atoms with Crippen molar-refractivity contribution in [3.8, 4) is 5.75 Å². The first-order valence-corrected chi connectivity index (χ1v) is 9.20. The zero-order valence-electron chi connectivity index (χ0n) is 13.5. The fraction of sp³-hybridized carbons (Fsp3) is 0.0588. The Balaban J connectivity index is 2.20. The third kappa shape index (κ3) is 3.34. The van der Waals surface area contributed by atoms with Gasteiger partial charge in [0, 0.05) is 15.8 Å². The van der Waals surface area contributed by atoms with Crippen LogP contribution in [0.2, 0.25) is 5.02 Å². The summed E-state index contributed by atoms with van der Waals surface area (Å²) >= 11 is 5.82. The number of hydrogen-bond acceptors (Lipinski definition) is 6. The Morgan fingerprint density at radius 2 is 1.69 bits per heavy atom. The first-order chi connectivity index (χ1) is 12.2. The molecule has 0 radical (unpaired) electrons. The van der Waals surface area contributed by atoms with Gasteiger partial charge in [-0.3, -0.25) is 4.55 Å². The van der Waals surface area contributed by atoms with Gasteiger partial charge in [-0.1, -0.05) is 11.6 Å². The minimum atomic E-state index is -4.57. The van der Waals surface area contributed by atoms with Crippen molar-refractivity contribution in [3.05, 3.63) is 53.1 Å². The molecule has 3 rings (SSSR count). The number of nitrogen functional groups attached to an aromatic ring is 1. The molecular weight excluding hydrogens is 378 g/mol. The van der Waals surface area contributed by atoms with Gasteiger partial charge in [-0.25, -0.2) is 0 Å². The number of nitrogens with two attached hydrogens (primary N) is 1. The number of aryl methyl sites for hydroxylation is 1. The predicted molar refractivity (Wildman–Crippen MR) is 100 cm³/mol. The second-order valence-electron chi connectivity index (χ2n) is 5.62. The molecule has 0 amide bonds. The number of hydrogen-bond donors (Lipinski definition) is 3. The summed E-state index contributed by atoms with van der Waals surface area (Å²) in [6, 6.07) is 10.9. The molecule has 7 nitrogen and oxygen atoms in total. The fourth-order valence-electron chi connectivity index (χ4n) is 2.59. The zero-order chi connectivity index (χ0) is 19.1. The average Bonchev–Trinajstić information content (AvgIpc) is 2.54. The lowest BCUT2D eigenvalue weighted by Gasteiger charge is -2.12. The Kier molecular flexibility index (Phi) is 4.57. The fourth-order valence-corrected chi connectivity index (χ4v) is 3.53. The summed E-state index contributed by atoms with van der Waals surface area (Å²) in [5, 5.41) is 19.5. The summed E-state index contributed by atoms with van der Waals surface area (Å²) in [5.74, 6) is -0.261. The lowest BCUT2D eigenvalue weighted by Crippen LogP contribution is -2.04. The van der Waals surface area contributed by atoms with E-state index in [-0.39, 0.29) is 27.9 Å². The number of phenolic OH excluding ortho intramolecular Hbond substituents is 1. The van der Waals surface area contributed by atoms with Crippen LogP contribution in [0.25, 0.3) is 10.8 Å². The van der Waals surface area contributed by atoms with Crippen molar-refractivity contribution in [1.29, 1.82) is 0 Å². The van der Waals surface area contributed by atoms with E-state index in [9.17, 15) is 18.1 Å². The van der Waals surface area contributed by atoms with Crippen molar-refractivity contribution in [3.63, 3.8) is 0 Å². The number of benzene rings is 3. The van der Waals surface area contributed by atoms with Gasteiger partial charge in [-0.2, -0.15) is 13.5 Å². The number of anilines is 1. The normalized spacial score (nSPS) is 12.1. The molecule has 4 N–H and O–H groups in total. The first kappa shape index (κ1) is 18.1. The molecule has 0 spiro atoms. The largest absolute Gasteiger partial charge is 0.505 e. The first-order valence-electron chi connectivity index (χ1n) is 7.38. The zero-order valence-corrected chi connectivity index (χ0v) is 15.1. The maximum Gasteiger partial charge on any atom is 0.297 e. The molecular formula is C17H14ClN3O4S. The van der Waals surface area contributed by atoms with Gasteiger partial charge in [0.15, 0.2) is 5.75 Å². The molecule has 0 fully saturated rings. The van der Waals surface area contributed by atoms with Crippen LogP contribution in [-0.2, 0) is 10.1 Å². The van der Waals surface area contributed by atoms with Crippen molar-refractivity contribution in [2.24, 2.45) is 10.2 Å². The Bertz CT molecular complexity index is 1140. The van der Waals surface area contributed by atoms with Crippen LogP contribution in [0.5, 0.6) is 5.75 Å². The number of nitrogens with zero attached hydrogens (tertiary/aromatic N) is 2. The molecule has 0 aliphatic heterocycles. The Morgan fingerprint density at radius 1 is 1.04 bits per heavy atom. The third-order valence-electron chi connectivity index (χ3n) is 3.79. The van der Waals surface area contributed by atoms with Crippen molar-refractivity contribution >= 4 is 49.6 Å². The van der Waals surface area contributed by atoms with Crippen molar-refractivity contribution in [2.75, 3.05) is 5.73 Å². The van der Waals surface area contributed by atoms with E-state index in [2.05, 4.69) is 10.2 Å². The van der Waals surface area contributed by atoms with Crippen LogP contribution in [0.15, 0.2) is 57.6 Å². The van der Waals surface area contributed by atoms with Crippen molar-refractivity contribution in [1.82, 2.24) is 0 Å². The van der Waals surface area contributed by atoms with Crippen LogP contribution in [0.1, 0.15) is 5.56 Å². The SMILES string of the molecule is Cc1cc2c(S(=O)(=O)O)c(N)ccc2c(O)c1N=Nc1ccc(Cl)cc1. The van der Waals surface area contributed by atoms with Crippen molar-refractivity contribution < 1.29 is 18.1 Å². The van der Waals surface area contributed by atoms with E-state index in [0.29, 0.717) is 16.3 Å². The standard InChI is InChI=1S/C17H14ClN3O4S/c1-9-8-13-12(6-7-14(19)17(13)26(23,24)25)16(22)15(9)21-20-11-4-2-10(18)3-5-11/h2-8,22H,19H2,1H3,(H,23,24,25). The highest BCUT2D eigenvalue weighted by Crippen LogP contribution is 2.42. The van der Waals surface area contributed by atoms with E-state index >= 15 is 0 Å². The molecule has 9 heteroatoms. The highest BCUT2D eigenvalue weighted by molar-refractivity contribution is 7.86. The summed E-state index contributed by atoms with van der Waals surface area (Å²) in [7, 11) is -4.57. The average molecular weight is 392 g/mol. The van der Waals surface area contributed by atoms with E-state index in [4.69, 9.17) is 17.3 Å². The highest BCUT2D eigenvalue weighted by atomic mass is 35.5. The van der Waals surface area contributed by atoms with E-state index in [1.54, 1.807) is 31.2 Å². The van der Waals surface area contributed by atoms with Crippen LogP contribution in [-0.4, -0.2) is 18.1 Å². The second-order valence-corrected chi connectivity index (χ2v) is 7.42. The van der Waals surface area contributed by atoms with Crippen LogP contribution in [0.4, 0.5) is 17.1 Å². The number of rotatable bonds is 3. The van der Waals surface area contributed by atoms with Crippen LogP contribution < -0.4 is 5.73 Å². The molecule has 3 aromatic carbocycles. The monoisotopic (exact) mass is 391 g/mol. The van der Waals surface area contributed by atoms with Crippen LogP contribution in [0.3, 0.4) is 0 Å². The lowest BCUT2D eigenvalue weighted by atomic mass is 10.0. The minimum absolute atomic E-state index is 0.105. The number of aromatic hydroxyl groups is 1. The summed E-state index contributed by atoms with van der Waals surface area (Å²) in [4.78, 5) is -0.449. The molecule has 0 aliphatic rings. The van der Waals surface area contributed by atoms with E-state index < -0.39 is 15.0 Å². The number of azo groups is 1. The highest BCUT2D eigenvalue weighted by Gasteiger charge is 2.21. The summed E-state index contributed by atoms with van der Waals surface area (Å²) in [6.45, 7) is 1.63. The van der Waals surface area contributed by atoms with E-state index in [0.717, 1.165) is 0 Å². The quantitative estimate of drug-likeness (QED) is 0.337. The third-order valence-corrected chi connectivity index (χ3v) is 5.01. The Morgan fingerprint density at radius 3 is 2.31 bits per heavy atom. The lowest BCUT2D eigenvalue weighted by molar-refractivity contribution is 0.482. The maximum atomic E-state index is 11.7. The molecule has 0 unspecified atom stereocenters. The second kappa shape index (κ2) is 6.56. The summed E-state index contributed by atoms with van der Waals surface area (Å²) in [6.07, 6.45) is 0. The molecule has 3 aromatic rings. The molecule has 0 aliphatic carbocycles. The van der Waals surface area contributed by atoms with Crippen LogP contribution >= 0.6 is 11.6 Å². The minimum Gasteiger partial charge on any atom is -0.505 e. The molecule has 0 saturated heterocycles. The van der Waals surface area contributed by atoms with E-state index in [1.165, 1.54) is 18.2 Å². The molecule has 0 atom stereocenters. The molecule has 0 aromatic heterocycles.